The highest BCUT2D eigenvalue weighted by molar-refractivity contribution is 5.98. The first-order valence-corrected chi connectivity index (χ1v) is 9.42. The van der Waals surface area contributed by atoms with Crippen molar-refractivity contribution in [1.82, 2.24) is 0 Å². The van der Waals surface area contributed by atoms with Crippen LogP contribution in [-0.2, 0) is 15.1 Å². The zero-order chi connectivity index (χ0) is 19.4. The molecule has 1 atom stereocenters. The summed E-state index contributed by atoms with van der Waals surface area (Å²) in [4.78, 5) is 12.2. The minimum atomic E-state index is -0.863. The molecule has 0 saturated carbocycles. The number of carbonyl (C=O) groups excluding carboxylic acids is 1. The summed E-state index contributed by atoms with van der Waals surface area (Å²) in [5.74, 6) is -0.0596. The van der Waals surface area contributed by atoms with Crippen LogP contribution in [0, 0.1) is 0 Å². The maximum Gasteiger partial charge on any atom is 0.163 e. The Balaban J connectivity index is 1.86. The molecule has 3 aromatic carbocycles. The van der Waals surface area contributed by atoms with Crippen LogP contribution in [0.5, 0.6) is 0 Å². The van der Waals surface area contributed by atoms with Gasteiger partial charge in [0.05, 0.1) is 12.7 Å². The van der Waals surface area contributed by atoms with Crippen molar-refractivity contribution < 1.29 is 14.6 Å². The third-order valence-electron chi connectivity index (χ3n) is 5.13. The van der Waals surface area contributed by atoms with Gasteiger partial charge in [0.25, 0.3) is 0 Å². The van der Waals surface area contributed by atoms with Crippen molar-refractivity contribution in [2.45, 2.75) is 18.1 Å². The monoisotopic (exact) mass is 370 g/mol. The van der Waals surface area contributed by atoms with Gasteiger partial charge in [0.1, 0.15) is 5.60 Å². The Morgan fingerprint density at radius 3 is 1.57 bits per heavy atom. The molecule has 0 amide bonds. The maximum atomic E-state index is 12.2. The SMILES string of the molecule is O=C1CC(O)C=C1COC(c1ccccc1)(c1ccccc1)c1ccccc1. The molecule has 0 heterocycles. The zero-order valence-electron chi connectivity index (χ0n) is 15.5. The number of aliphatic hydroxyl groups is 1. The quantitative estimate of drug-likeness (QED) is 0.660. The number of carbonyl (C=O) groups is 1. The molecule has 3 heteroatoms. The van der Waals surface area contributed by atoms with Crippen LogP contribution >= 0.6 is 0 Å². The van der Waals surface area contributed by atoms with E-state index in [1.165, 1.54) is 0 Å². The van der Waals surface area contributed by atoms with Gasteiger partial charge in [-0.05, 0) is 22.8 Å². The van der Waals surface area contributed by atoms with Gasteiger partial charge in [0.2, 0.25) is 0 Å². The number of ketones is 1. The highest BCUT2D eigenvalue weighted by Gasteiger charge is 2.38. The summed E-state index contributed by atoms with van der Waals surface area (Å²) in [6.45, 7) is 0.134. The van der Waals surface area contributed by atoms with Gasteiger partial charge < -0.3 is 9.84 Å². The largest absolute Gasteiger partial charge is 0.389 e. The third kappa shape index (κ3) is 3.42. The van der Waals surface area contributed by atoms with Crippen LogP contribution in [0.2, 0.25) is 0 Å². The second kappa shape index (κ2) is 7.93. The van der Waals surface area contributed by atoms with Gasteiger partial charge in [0.15, 0.2) is 5.78 Å². The Hall–Kier alpha value is -3.01. The van der Waals surface area contributed by atoms with Crippen molar-refractivity contribution >= 4 is 5.78 Å². The van der Waals surface area contributed by atoms with Gasteiger partial charge >= 0.3 is 0 Å². The smallest absolute Gasteiger partial charge is 0.163 e. The number of benzene rings is 3. The molecular weight excluding hydrogens is 348 g/mol. The first-order chi connectivity index (χ1) is 13.7. The summed E-state index contributed by atoms with van der Waals surface area (Å²) >= 11 is 0. The fourth-order valence-corrected chi connectivity index (χ4v) is 3.79. The lowest BCUT2D eigenvalue weighted by Crippen LogP contribution is -2.34. The number of rotatable bonds is 6. The molecule has 3 aromatic rings. The van der Waals surface area contributed by atoms with Crippen LogP contribution in [-0.4, -0.2) is 23.6 Å². The molecule has 0 bridgehead atoms. The average molecular weight is 370 g/mol. The van der Waals surface area contributed by atoms with Crippen LogP contribution < -0.4 is 0 Å². The van der Waals surface area contributed by atoms with E-state index in [4.69, 9.17) is 4.74 Å². The van der Waals surface area contributed by atoms with Crippen LogP contribution in [0.1, 0.15) is 23.1 Å². The lowest BCUT2D eigenvalue weighted by atomic mass is 9.80. The summed E-state index contributed by atoms with van der Waals surface area (Å²) < 4.78 is 6.59. The molecule has 1 unspecified atom stereocenters. The van der Waals surface area contributed by atoms with Gasteiger partial charge in [-0.25, -0.2) is 0 Å². The minimum absolute atomic E-state index is 0.0596. The van der Waals surface area contributed by atoms with Gasteiger partial charge in [0, 0.05) is 12.0 Å². The Bertz CT molecular complexity index is 866. The summed E-state index contributed by atoms with van der Waals surface area (Å²) in [6, 6.07) is 30.1. The number of ether oxygens (including phenoxy) is 1. The number of hydrogen-bond donors (Lipinski definition) is 1. The summed E-state index contributed by atoms with van der Waals surface area (Å²) in [5, 5.41) is 9.80. The maximum absolute atomic E-state index is 12.2. The summed E-state index contributed by atoms with van der Waals surface area (Å²) in [7, 11) is 0. The van der Waals surface area contributed by atoms with Crippen molar-refractivity contribution in [2.75, 3.05) is 6.61 Å². The van der Waals surface area contributed by atoms with Gasteiger partial charge in [-0.2, -0.15) is 0 Å². The predicted molar refractivity (Wildman–Crippen MR) is 109 cm³/mol. The molecule has 0 fully saturated rings. The standard InChI is InChI=1S/C25H22O3/c26-23-16-19(24(27)17-23)18-28-25(20-10-4-1-5-11-20,21-12-6-2-7-13-21)22-14-8-3-9-15-22/h1-16,23,26H,17-18H2. The normalized spacial score (nSPS) is 16.8. The van der Waals surface area contributed by atoms with E-state index < -0.39 is 11.7 Å². The average Bonchev–Trinajstić information content (AvgIpc) is 3.08. The third-order valence-corrected chi connectivity index (χ3v) is 5.13. The van der Waals surface area contributed by atoms with E-state index in [1.54, 1.807) is 6.08 Å². The Labute approximate surface area is 164 Å². The molecule has 0 spiro atoms. The molecule has 3 nitrogen and oxygen atoms in total. The lowest BCUT2D eigenvalue weighted by Gasteiger charge is -2.36. The van der Waals surface area contributed by atoms with E-state index in [0.717, 1.165) is 16.7 Å². The first-order valence-electron chi connectivity index (χ1n) is 9.42. The minimum Gasteiger partial charge on any atom is -0.389 e. The molecule has 4 rings (SSSR count). The summed E-state index contributed by atoms with van der Waals surface area (Å²) in [5.41, 5.74) is 2.62. The van der Waals surface area contributed by atoms with Crippen LogP contribution in [0.4, 0.5) is 0 Å². The van der Waals surface area contributed by atoms with Gasteiger partial charge in [-0.15, -0.1) is 0 Å². The van der Waals surface area contributed by atoms with Crippen LogP contribution in [0.15, 0.2) is 103 Å². The predicted octanol–water partition coefficient (Wildman–Crippen LogP) is 4.26. The van der Waals surface area contributed by atoms with Crippen molar-refractivity contribution in [2.24, 2.45) is 0 Å². The Morgan fingerprint density at radius 1 is 0.786 bits per heavy atom. The zero-order valence-corrected chi connectivity index (χ0v) is 15.5. The van der Waals surface area contributed by atoms with E-state index in [9.17, 15) is 9.90 Å². The van der Waals surface area contributed by atoms with Crippen LogP contribution in [0.3, 0.4) is 0 Å². The van der Waals surface area contributed by atoms with E-state index in [0.29, 0.717) is 5.57 Å². The highest BCUT2D eigenvalue weighted by atomic mass is 16.5. The molecule has 140 valence electrons. The summed E-state index contributed by atoms with van der Waals surface area (Å²) in [6.07, 6.45) is 1.02. The fraction of sp³-hybridized carbons (Fsp3) is 0.160. The molecule has 1 N–H and O–H groups in total. The molecule has 1 aliphatic rings. The van der Waals surface area contributed by atoms with E-state index in [2.05, 4.69) is 0 Å². The Kier molecular flexibility index (Phi) is 5.20. The molecule has 1 aliphatic carbocycles. The van der Waals surface area contributed by atoms with Crippen molar-refractivity contribution in [3.63, 3.8) is 0 Å². The van der Waals surface area contributed by atoms with Crippen molar-refractivity contribution in [1.29, 1.82) is 0 Å². The van der Waals surface area contributed by atoms with E-state index in [-0.39, 0.29) is 18.8 Å². The van der Waals surface area contributed by atoms with Crippen molar-refractivity contribution in [3.05, 3.63) is 119 Å². The number of Topliss-reactive ketones (excluding diaryl/α,β-unsaturated/α-hetero) is 1. The molecule has 0 radical (unpaired) electrons. The molecule has 28 heavy (non-hydrogen) atoms. The molecule has 0 saturated heterocycles. The topological polar surface area (TPSA) is 46.5 Å². The van der Waals surface area contributed by atoms with E-state index in [1.807, 2.05) is 91.0 Å². The first kappa shape index (κ1) is 18.4. The highest BCUT2D eigenvalue weighted by Crippen LogP contribution is 2.41. The van der Waals surface area contributed by atoms with Crippen LogP contribution in [0.25, 0.3) is 0 Å². The fourth-order valence-electron chi connectivity index (χ4n) is 3.79. The molecule has 0 aromatic heterocycles. The van der Waals surface area contributed by atoms with Gasteiger partial charge in [-0.3, -0.25) is 4.79 Å². The van der Waals surface area contributed by atoms with Gasteiger partial charge in [-0.1, -0.05) is 91.0 Å². The number of hydrogen-bond acceptors (Lipinski definition) is 3. The molecule has 0 aliphatic heterocycles. The Morgan fingerprint density at radius 2 is 1.21 bits per heavy atom. The molecular formula is C25H22O3. The second-order valence-electron chi connectivity index (χ2n) is 6.95. The second-order valence-corrected chi connectivity index (χ2v) is 6.95. The lowest BCUT2D eigenvalue weighted by molar-refractivity contribution is -0.116. The van der Waals surface area contributed by atoms with E-state index >= 15 is 0 Å². The van der Waals surface area contributed by atoms with Crippen molar-refractivity contribution in [3.8, 4) is 0 Å². The number of aliphatic hydroxyl groups excluding tert-OH is 1.